The number of hydrogen-bond acceptors (Lipinski definition) is 5. The highest BCUT2D eigenvalue weighted by Crippen LogP contribution is 2.29. The lowest BCUT2D eigenvalue weighted by Gasteiger charge is -2.23. The van der Waals surface area contributed by atoms with Crippen LogP contribution < -0.4 is 15.6 Å². The van der Waals surface area contributed by atoms with Crippen LogP contribution in [0.25, 0.3) is 11.1 Å². The Labute approximate surface area is 196 Å². The zero-order chi connectivity index (χ0) is 23.0. The fraction of sp³-hybridized carbons (Fsp3) is 0.160. The Morgan fingerprint density at radius 3 is 2.30 bits per heavy atom. The van der Waals surface area contributed by atoms with Crippen LogP contribution in [0.5, 0.6) is 5.75 Å². The number of ether oxygens (including phenoxy) is 1. The molecule has 3 aromatic rings. The van der Waals surface area contributed by atoms with Crippen LogP contribution in [0.15, 0.2) is 84.9 Å². The van der Waals surface area contributed by atoms with Gasteiger partial charge in [-0.3, -0.25) is 25.2 Å². The quantitative estimate of drug-likeness (QED) is 0.551. The van der Waals surface area contributed by atoms with Crippen molar-refractivity contribution in [2.75, 3.05) is 18.2 Å². The van der Waals surface area contributed by atoms with Crippen LogP contribution in [0.4, 0.5) is 0 Å². The van der Waals surface area contributed by atoms with Gasteiger partial charge in [-0.1, -0.05) is 66.7 Å². The van der Waals surface area contributed by atoms with Crippen LogP contribution in [0.2, 0.25) is 0 Å². The molecule has 0 saturated carbocycles. The summed E-state index contributed by atoms with van der Waals surface area (Å²) in [6.07, 6.45) is 0. The van der Waals surface area contributed by atoms with Gasteiger partial charge in [-0.15, -0.1) is 11.8 Å². The number of thioether (sulfide) groups is 1. The van der Waals surface area contributed by atoms with Gasteiger partial charge in [0.05, 0.1) is 5.88 Å². The van der Waals surface area contributed by atoms with Crippen molar-refractivity contribution in [2.45, 2.75) is 6.04 Å². The summed E-state index contributed by atoms with van der Waals surface area (Å²) < 4.78 is 5.70. The molecule has 3 amide bonds. The van der Waals surface area contributed by atoms with Gasteiger partial charge in [0.2, 0.25) is 0 Å². The second kappa shape index (κ2) is 10.7. The van der Waals surface area contributed by atoms with Gasteiger partial charge in [-0.2, -0.15) is 0 Å². The van der Waals surface area contributed by atoms with Gasteiger partial charge in [0.25, 0.3) is 17.7 Å². The maximum atomic E-state index is 12.7. The van der Waals surface area contributed by atoms with Gasteiger partial charge in [-0.05, 0) is 23.8 Å². The zero-order valence-electron chi connectivity index (χ0n) is 17.8. The first kappa shape index (κ1) is 22.4. The van der Waals surface area contributed by atoms with E-state index in [1.54, 1.807) is 30.3 Å². The summed E-state index contributed by atoms with van der Waals surface area (Å²) in [5, 5.41) is 0. The molecule has 1 heterocycles. The van der Waals surface area contributed by atoms with Crippen molar-refractivity contribution in [1.82, 2.24) is 15.8 Å². The molecule has 7 nitrogen and oxygen atoms in total. The largest absolute Gasteiger partial charge is 0.483 e. The van der Waals surface area contributed by atoms with Gasteiger partial charge in [0.1, 0.15) is 11.8 Å². The van der Waals surface area contributed by atoms with Crippen LogP contribution >= 0.6 is 11.8 Å². The third-order valence-electron chi connectivity index (χ3n) is 5.12. The normalized spacial score (nSPS) is 15.0. The van der Waals surface area contributed by atoms with E-state index in [1.807, 2.05) is 54.6 Å². The van der Waals surface area contributed by atoms with E-state index in [-0.39, 0.29) is 12.5 Å². The first-order valence-corrected chi connectivity index (χ1v) is 11.6. The van der Waals surface area contributed by atoms with E-state index >= 15 is 0 Å². The number of carbonyl (C=O) groups is 3. The smallest absolute Gasteiger partial charge is 0.276 e. The molecule has 168 valence electrons. The van der Waals surface area contributed by atoms with Crippen LogP contribution in [-0.2, 0) is 9.59 Å². The van der Waals surface area contributed by atoms with E-state index in [0.29, 0.717) is 22.9 Å². The van der Waals surface area contributed by atoms with Gasteiger partial charge in [-0.25, -0.2) is 0 Å². The highest BCUT2D eigenvalue weighted by Gasteiger charge is 2.35. The number of rotatable bonds is 6. The highest BCUT2D eigenvalue weighted by molar-refractivity contribution is 7.99. The molecular weight excluding hydrogens is 438 g/mol. The molecular formula is C25H23N3O4S. The van der Waals surface area contributed by atoms with E-state index in [1.165, 1.54) is 16.7 Å². The number of para-hydroxylation sites is 1. The Morgan fingerprint density at radius 1 is 0.879 bits per heavy atom. The van der Waals surface area contributed by atoms with Crippen LogP contribution in [-0.4, -0.2) is 46.9 Å². The maximum absolute atomic E-state index is 12.7. The Balaban J connectivity index is 1.31. The van der Waals surface area contributed by atoms with E-state index in [9.17, 15) is 14.4 Å². The van der Waals surface area contributed by atoms with E-state index < -0.39 is 17.9 Å². The summed E-state index contributed by atoms with van der Waals surface area (Å²) in [7, 11) is 0. The van der Waals surface area contributed by atoms with Crippen LogP contribution in [0.1, 0.15) is 10.4 Å². The topological polar surface area (TPSA) is 87.7 Å². The Hall–Kier alpha value is -3.78. The van der Waals surface area contributed by atoms with Crippen molar-refractivity contribution in [3.05, 3.63) is 90.5 Å². The second-order valence-electron chi connectivity index (χ2n) is 7.34. The SMILES string of the molecule is O=C(COc1ccccc1-c1ccccc1)NNC(=O)C1CSCN1C(=O)c1ccccc1. The lowest BCUT2D eigenvalue weighted by Crippen LogP contribution is -2.53. The minimum Gasteiger partial charge on any atom is -0.483 e. The molecule has 0 bridgehead atoms. The molecule has 2 N–H and O–H groups in total. The summed E-state index contributed by atoms with van der Waals surface area (Å²) in [5.74, 6) is 0.283. The lowest BCUT2D eigenvalue weighted by atomic mass is 10.1. The number of benzene rings is 3. The van der Waals surface area contributed by atoms with Crippen molar-refractivity contribution in [1.29, 1.82) is 0 Å². The average Bonchev–Trinajstić information content (AvgIpc) is 3.37. The molecule has 1 aliphatic rings. The molecule has 0 spiro atoms. The minimum absolute atomic E-state index is 0.215. The Bertz CT molecular complexity index is 1120. The highest BCUT2D eigenvalue weighted by atomic mass is 32.2. The van der Waals surface area contributed by atoms with E-state index in [4.69, 9.17) is 4.74 Å². The number of hydrogen-bond donors (Lipinski definition) is 2. The molecule has 0 radical (unpaired) electrons. The summed E-state index contributed by atoms with van der Waals surface area (Å²) >= 11 is 1.49. The predicted octanol–water partition coefficient (Wildman–Crippen LogP) is 3.10. The minimum atomic E-state index is -0.664. The third-order valence-corrected chi connectivity index (χ3v) is 6.13. The van der Waals surface area contributed by atoms with Gasteiger partial charge in [0.15, 0.2) is 6.61 Å². The Kier molecular flexibility index (Phi) is 7.26. The number of carbonyl (C=O) groups excluding carboxylic acids is 3. The van der Waals surface area contributed by atoms with Crippen LogP contribution in [0, 0.1) is 0 Å². The Morgan fingerprint density at radius 2 is 1.55 bits per heavy atom. The van der Waals surface area contributed by atoms with Crippen molar-refractivity contribution >= 4 is 29.5 Å². The molecule has 1 atom stereocenters. The fourth-order valence-corrected chi connectivity index (χ4v) is 4.60. The standard InChI is InChI=1S/C25H23N3O4S/c29-23(15-32-22-14-8-7-13-20(22)18-9-3-1-4-10-18)26-27-24(30)21-16-33-17-28(21)25(31)19-11-5-2-6-12-19/h1-14,21H,15-17H2,(H,26,29)(H,27,30). The van der Waals surface area contributed by atoms with Crippen LogP contribution in [0.3, 0.4) is 0 Å². The first-order chi connectivity index (χ1) is 16.1. The third kappa shape index (κ3) is 5.53. The second-order valence-corrected chi connectivity index (χ2v) is 8.34. The molecule has 4 rings (SSSR count). The number of nitrogens with zero attached hydrogens (tertiary/aromatic N) is 1. The molecule has 0 aromatic heterocycles. The number of nitrogens with one attached hydrogen (secondary N) is 2. The molecule has 1 saturated heterocycles. The monoisotopic (exact) mass is 461 g/mol. The predicted molar refractivity (Wildman–Crippen MR) is 127 cm³/mol. The van der Waals surface area contributed by atoms with Crippen molar-refractivity contribution < 1.29 is 19.1 Å². The lowest BCUT2D eigenvalue weighted by molar-refractivity contribution is -0.131. The number of hydrazine groups is 1. The molecule has 1 aliphatic heterocycles. The van der Waals surface area contributed by atoms with Crippen molar-refractivity contribution in [2.24, 2.45) is 0 Å². The zero-order valence-corrected chi connectivity index (χ0v) is 18.6. The van der Waals surface area contributed by atoms with E-state index in [2.05, 4.69) is 10.9 Å². The van der Waals surface area contributed by atoms with Gasteiger partial charge in [0, 0.05) is 16.9 Å². The van der Waals surface area contributed by atoms with Crippen molar-refractivity contribution in [3.8, 4) is 16.9 Å². The molecule has 8 heteroatoms. The maximum Gasteiger partial charge on any atom is 0.276 e. The molecule has 1 unspecified atom stereocenters. The molecule has 33 heavy (non-hydrogen) atoms. The first-order valence-electron chi connectivity index (χ1n) is 10.4. The van der Waals surface area contributed by atoms with E-state index in [0.717, 1.165) is 11.1 Å². The summed E-state index contributed by atoms with van der Waals surface area (Å²) in [6, 6.07) is 25.3. The molecule has 1 fully saturated rings. The van der Waals surface area contributed by atoms with Gasteiger partial charge < -0.3 is 9.64 Å². The summed E-state index contributed by atoms with van der Waals surface area (Å²) in [4.78, 5) is 39.2. The van der Waals surface area contributed by atoms with Gasteiger partial charge >= 0.3 is 0 Å². The fourth-order valence-electron chi connectivity index (χ4n) is 3.45. The molecule has 3 aromatic carbocycles. The average molecular weight is 462 g/mol. The van der Waals surface area contributed by atoms with Crippen molar-refractivity contribution in [3.63, 3.8) is 0 Å². The summed E-state index contributed by atoms with van der Waals surface area (Å²) in [5.41, 5.74) is 7.16. The molecule has 0 aliphatic carbocycles. The summed E-state index contributed by atoms with van der Waals surface area (Å²) in [6.45, 7) is -0.268. The number of amides is 3.